The Balaban J connectivity index is 2.35. The summed E-state index contributed by atoms with van der Waals surface area (Å²) >= 11 is 5.76. The van der Waals surface area contributed by atoms with Crippen molar-refractivity contribution in [3.63, 3.8) is 0 Å². The average molecular weight is 177 g/mol. The molecular formula is C10H7ClN. The number of hydrogen-bond acceptors (Lipinski definition) is 0. The van der Waals surface area contributed by atoms with E-state index in [1.165, 1.54) is 0 Å². The van der Waals surface area contributed by atoms with Crippen LogP contribution in [0.5, 0.6) is 0 Å². The molecule has 0 fully saturated rings. The Hall–Kier alpha value is -1.21. The van der Waals surface area contributed by atoms with Gasteiger partial charge in [0.25, 0.3) is 0 Å². The molecule has 0 saturated carbocycles. The van der Waals surface area contributed by atoms with Crippen LogP contribution in [0.25, 0.3) is 5.57 Å². The average Bonchev–Trinajstić information content (AvgIpc) is 2.58. The van der Waals surface area contributed by atoms with Crippen molar-refractivity contribution >= 4 is 17.2 Å². The van der Waals surface area contributed by atoms with Crippen LogP contribution in [-0.2, 0) is 0 Å². The van der Waals surface area contributed by atoms with E-state index in [0.717, 1.165) is 16.2 Å². The Bertz CT molecular complexity index is 335. The molecule has 1 radical (unpaired) electrons. The normalized spacial score (nSPS) is 14.2. The van der Waals surface area contributed by atoms with Crippen molar-refractivity contribution in [2.75, 3.05) is 0 Å². The Kier molecular flexibility index (Phi) is 1.88. The fourth-order valence-electron chi connectivity index (χ4n) is 1.10. The van der Waals surface area contributed by atoms with E-state index in [0.29, 0.717) is 0 Å². The Morgan fingerprint density at radius 1 is 1.08 bits per heavy atom. The number of benzene rings is 1. The zero-order valence-corrected chi connectivity index (χ0v) is 7.12. The van der Waals surface area contributed by atoms with Gasteiger partial charge in [-0.1, -0.05) is 23.7 Å². The molecule has 1 nitrogen and oxygen atoms in total. The van der Waals surface area contributed by atoms with Crippen molar-refractivity contribution in [3.8, 4) is 0 Å². The van der Waals surface area contributed by atoms with E-state index in [2.05, 4.69) is 5.32 Å². The van der Waals surface area contributed by atoms with Gasteiger partial charge >= 0.3 is 0 Å². The zero-order valence-electron chi connectivity index (χ0n) is 6.37. The van der Waals surface area contributed by atoms with Crippen LogP contribution in [0.15, 0.2) is 42.7 Å². The molecule has 0 saturated heterocycles. The minimum Gasteiger partial charge on any atom is -0.264 e. The molecule has 2 heteroatoms. The van der Waals surface area contributed by atoms with Crippen LogP contribution in [0.2, 0.25) is 5.02 Å². The third-order valence-electron chi connectivity index (χ3n) is 1.73. The number of halogens is 1. The molecule has 0 aromatic heterocycles. The maximum atomic E-state index is 5.76. The molecule has 0 spiro atoms. The number of allylic oxidation sites excluding steroid dienone is 2. The maximum Gasteiger partial charge on any atom is 0.0406 e. The van der Waals surface area contributed by atoms with Gasteiger partial charge in [0, 0.05) is 23.0 Å². The summed E-state index contributed by atoms with van der Waals surface area (Å²) in [5.41, 5.74) is 2.28. The molecule has 0 amide bonds. The Morgan fingerprint density at radius 3 is 2.42 bits per heavy atom. The summed E-state index contributed by atoms with van der Waals surface area (Å²) in [4.78, 5) is 0. The molecule has 0 unspecified atom stereocenters. The first kappa shape index (κ1) is 7.44. The molecule has 1 heterocycles. The maximum absolute atomic E-state index is 5.76. The summed E-state index contributed by atoms with van der Waals surface area (Å²) in [6, 6.07) is 7.73. The third kappa shape index (κ3) is 1.36. The van der Waals surface area contributed by atoms with Crippen LogP contribution >= 0.6 is 11.6 Å². The summed E-state index contributed by atoms with van der Waals surface area (Å²) in [5.74, 6) is 0. The van der Waals surface area contributed by atoms with Crippen molar-refractivity contribution in [2.45, 2.75) is 0 Å². The monoisotopic (exact) mass is 176 g/mol. The van der Waals surface area contributed by atoms with Gasteiger partial charge in [-0.15, -0.1) is 0 Å². The summed E-state index contributed by atoms with van der Waals surface area (Å²) in [6.45, 7) is 0. The fourth-order valence-corrected chi connectivity index (χ4v) is 1.23. The quantitative estimate of drug-likeness (QED) is 0.625. The molecule has 1 aromatic carbocycles. The van der Waals surface area contributed by atoms with Crippen LogP contribution < -0.4 is 5.32 Å². The molecule has 0 aliphatic carbocycles. The topological polar surface area (TPSA) is 14.1 Å². The highest BCUT2D eigenvalue weighted by Crippen LogP contribution is 2.20. The van der Waals surface area contributed by atoms with Crippen LogP contribution in [-0.4, -0.2) is 0 Å². The van der Waals surface area contributed by atoms with Crippen molar-refractivity contribution in [1.29, 1.82) is 0 Å². The zero-order chi connectivity index (χ0) is 8.39. The van der Waals surface area contributed by atoms with Crippen LogP contribution in [0.4, 0.5) is 0 Å². The van der Waals surface area contributed by atoms with Crippen molar-refractivity contribution < 1.29 is 0 Å². The standard InChI is InChI=1S/C10H7ClN/c11-10-3-1-8(2-4-10)9-5-6-12-7-9/h1-7H. The van der Waals surface area contributed by atoms with Crippen molar-refractivity contribution in [3.05, 3.63) is 53.3 Å². The molecule has 1 aliphatic heterocycles. The van der Waals surface area contributed by atoms with Gasteiger partial charge in [0.05, 0.1) is 0 Å². The van der Waals surface area contributed by atoms with E-state index in [1.54, 1.807) is 6.20 Å². The smallest absolute Gasteiger partial charge is 0.0406 e. The molecule has 0 atom stereocenters. The first-order valence-electron chi connectivity index (χ1n) is 3.69. The second-order valence-electron chi connectivity index (χ2n) is 2.56. The lowest BCUT2D eigenvalue weighted by molar-refractivity contribution is 1.21. The van der Waals surface area contributed by atoms with E-state index >= 15 is 0 Å². The van der Waals surface area contributed by atoms with Gasteiger partial charge in [0.1, 0.15) is 0 Å². The molecular weight excluding hydrogens is 170 g/mol. The van der Waals surface area contributed by atoms with Gasteiger partial charge in [0.15, 0.2) is 0 Å². The predicted octanol–water partition coefficient (Wildman–Crippen LogP) is 2.81. The molecule has 0 bridgehead atoms. The summed E-state index contributed by atoms with van der Waals surface area (Å²) in [5, 5.41) is 4.75. The third-order valence-corrected chi connectivity index (χ3v) is 1.98. The van der Waals surface area contributed by atoms with Gasteiger partial charge in [-0.25, -0.2) is 0 Å². The van der Waals surface area contributed by atoms with Gasteiger partial charge in [-0.3, -0.25) is 5.32 Å². The number of hydrogen-bond donors (Lipinski definition) is 0. The lowest BCUT2D eigenvalue weighted by Gasteiger charge is -1.97. The molecule has 1 aromatic rings. The van der Waals surface area contributed by atoms with E-state index < -0.39 is 0 Å². The lowest BCUT2D eigenvalue weighted by Crippen LogP contribution is -1.78. The minimum atomic E-state index is 0.762. The van der Waals surface area contributed by atoms with E-state index in [-0.39, 0.29) is 0 Å². The van der Waals surface area contributed by atoms with E-state index in [1.807, 2.05) is 36.5 Å². The largest absolute Gasteiger partial charge is 0.264 e. The predicted molar refractivity (Wildman–Crippen MR) is 50.7 cm³/mol. The second-order valence-corrected chi connectivity index (χ2v) is 2.99. The van der Waals surface area contributed by atoms with Gasteiger partial charge in [-0.2, -0.15) is 0 Å². The molecule has 59 valence electrons. The molecule has 0 N–H and O–H groups in total. The van der Waals surface area contributed by atoms with E-state index in [9.17, 15) is 0 Å². The van der Waals surface area contributed by atoms with Crippen molar-refractivity contribution in [1.82, 2.24) is 5.32 Å². The van der Waals surface area contributed by atoms with Crippen LogP contribution in [0.1, 0.15) is 5.56 Å². The van der Waals surface area contributed by atoms with Crippen LogP contribution in [0, 0.1) is 0 Å². The number of nitrogens with zero attached hydrogens (tertiary/aromatic N) is 1. The second kappa shape index (κ2) is 3.03. The first-order chi connectivity index (χ1) is 5.86. The highest BCUT2D eigenvalue weighted by molar-refractivity contribution is 6.30. The first-order valence-corrected chi connectivity index (χ1v) is 4.07. The van der Waals surface area contributed by atoms with E-state index in [4.69, 9.17) is 11.6 Å². The summed E-state index contributed by atoms with van der Waals surface area (Å²) in [7, 11) is 0. The van der Waals surface area contributed by atoms with Crippen molar-refractivity contribution in [2.24, 2.45) is 0 Å². The summed E-state index contributed by atoms with van der Waals surface area (Å²) < 4.78 is 0. The van der Waals surface area contributed by atoms with Crippen LogP contribution in [0.3, 0.4) is 0 Å². The molecule has 1 aliphatic rings. The highest BCUT2D eigenvalue weighted by Gasteiger charge is 2.00. The van der Waals surface area contributed by atoms with Gasteiger partial charge in [-0.05, 0) is 23.8 Å². The Morgan fingerprint density at radius 2 is 1.83 bits per heavy atom. The number of rotatable bonds is 1. The lowest BCUT2D eigenvalue weighted by atomic mass is 10.1. The fraction of sp³-hybridized carbons (Fsp3) is 0. The SMILES string of the molecule is Clc1ccc(C2=C[N]C=C2)cc1. The van der Waals surface area contributed by atoms with Gasteiger partial charge < -0.3 is 0 Å². The highest BCUT2D eigenvalue weighted by atomic mass is 35.5. The van der Waals surface area contributed by atoms with Gasteiger partial charge in [0.2, 0.25) is 0 Å². The summed E-state index contributed by atoms with van der Waals surface area (Å²) in [6.07, 6.45) is 5.59. The molecule has 12 heavy (non-hydrogen) atoms. The molecule has 2 rings (SSSR count). The minimum absolute atomic E-state index is 0.762. The Labute approximate surface area is 76.4 Å².